The van der Waals surface area contributed by atoms with E-state index in [1.807, 2.05) is 0 Å². The summed E-state index contributed by atoms with van der Waals surface area (Å²) in [5.74, 6) is 0.641. The fraction of sp³-hybridized carbons (Fsp3) is 1.00. The molecule has 1 saturated carbocycles. The molecule has 1 aliphatic carbocycles. The van der Waals surface area contributed by atoms with Crippen molar-refractivity contribution in [2.45, 2.75) is 51.1 Å². The number of hydrogen-bond donors (Lipinski definition) is 3. The Kier molecular flexibility index (Phi) is 5.45. The van der Waals surface area contributed by atoms with Crippen molar-refractivity contribution >= 4 is 0 Å². The molecule has 0 radical (unpaired) electrons. The van der Waals surface area contributed by atoms with E-state index in [1.165, 1.54) is 12.8 Å². The molecule has 0 aromatic heterocycles. The number of hydrogen-bond acceptors (Lipinski definition) is 3. The van der Waals surface area contributed by atoms with Gasteiger partial charge in [-0.15, -0.1) is 0 Å². The molecular weight excluding hydrogens is 176 g/mol. The first kappa shape index (κ1) is 12.0. The zero-order chi connectivity index (χ0) is 10.4. The Morgan fingerprint density at radius 2 is 2.14 bits per heavy atom. The van der Waals surface area contributed by atoms with Gasteiger partial charge in [-0.05, 0) is 38.1 Å². The molecule has 0 heterocycles. The molecule has 84 valence electrons. The van der Waals surface area contributed by atoms with Crippen molar-refractivity contribution in [2.75, 3.05) is 13.2 Å². The normalized spacial score (nSPS) is 28.5. The van der Waals surface area contributed by atoms with Crippen LogP contribution in [0.3, 0.4) is 0 Å². The molecule has 4 N–H and O–H groups in total. The fourth-order valence-electron chi connectivity index (χ4n) is 2.10. The van der Waals surface area contributed by atoms with Crippen LogP contribution in [0, 0.1) is 5.92 Å². The Morgan fingerprint density at radius 3 is 2.64 bits per heavy atom. The highest BCUT2D eigenvalue weighted by Gasteiger charge is 2.25. The molecule has 3 heteroatoms. The minimum absolute atomic E-state index is 0.316. The monoisotopic (exact) mass is 200 g/mol. The highest BCUT2D eigenvalue weighted by molar-refractivity contribution is 4.87. The molecule has 0 bridgehead atoms. The van der Waals surface area contributed by atoms with Gasteiger partial charge in [0, 0.05) is 18.7 Å². The average molecular weight is 200 g/mol. The van der Waals surface area contributed by atoms with Crippen LogP contribution in [0.2, 0.25) is 0 Å². The molecule has 3 nitrogen and oxygen atoms in total. The maximum atomic E-state index is 8.89. The lowest BCUT2D eigenvalue weighted by Gasteiger charge is -2.34. The third-order valence-corrected chi connectivity index (χ3v) is 3.10. The second-order valence-electron chi connectivity index (χ2n) is 4.50. The average Bonchev–Trinajstić information content (AvgIpc) is 2.11. The lowest BCUT2D eigenvalue weighted by Crippen LogP contribution is -2.49. The number of rotatable bonds is 7. The number of aliphatic hydroxyl groups is 1. The van der Waals surface area contributed by atoms with Gasteiger partial charge in [0.1, 0.15) is 0 Å². The molecule has 0 aliphatic heterocycles. The molecule has 0 aromatic rings. The highest BCUT2D eigenvalue weighted by Crippen LogP contribution is 2.18. The summed E-state index contributed by atoms with van der Waals surface area (Å²) in [5, 5.41) is 12.4. The van der Waals surface area contributed by atoms with Crippen LogP contribution in [0.4, 0.5) is 0 Å². The van der Waals surface area contributed by atoms with Crippen molar-refractivity contribution in [3.05, 3.63) is 0 Å². The van der Waals surface area contributed by atoms with Gasteiger partial charge in [-0.1, -0.05) is 13.3 Å². The van der Waals surface area contributed by atoms with Crippen LogP contribution in [0.25, 0.3) is 0 Å². The molecule has 1 atom stereocenters. The van der Waals surface area contributed by atoms with Gasteiger partial charge >= 0.3 is 0 Å². The summed E-state index contributed by atoms with van der Waals surface area (Å²) in [7, 11) is 0. The van der Waals surface area contributed by atoms with Gasteiger partial charge in [-0.2, -0.15) is 0 Å². The van der Waals surface area contributed by atoms with E-state index in [0.717, 1.165) is 25.8 Å². The fourth-order valence-corrected chi connectivity index (χ4v) is 2.10. The van der Waals surface area contributed by atoms with Gasteiger partial charge in [-0.3, -0.25) is 0 Å². The van der Waals surface area contributed by atoms with E-state index in [0.29, 0.717) is 24.6 Å². The first-order chi connectivity index (χ1) is 6.76. The van der Waals surface area contributed by atoms with E-state index < -0.39 is 0 Å². The molecule has 0 spiro atoms. The summed E-state index contributed by atoms with van der Waals surface area (Å²) in [5.41, 5.74) is 5.71. The van der Waals surface area contributed by atoms with Gasteiger partial charge in [0.05, 0.1) is 0 Å². The van der Waals surface area contributed by atoms with Gasteiger partial charge in [0.2, 0.25) is 0 Å². The Labute approximate surface area is 87.1 Å². The van der Waals surface area contributed by atoms with E-state index in [4.69, 9.17) is 10.8 Å². The van der Waals surface area contributed by atoms with Crippen molar-refractivity contribution in [3.8, 4) is 0 Å². The van der Waals surface area contributed by atoms with Gasteiger partial charge in [0.15, 0.2) is 0 Å². The molecule has 1 rings (SSSR count). The molecule has 14 heavy (non-hydrogen) atoms. The van der Waals surface area contributed by atoms with Crippen LogP contribution >= 0.6 is 0 Å². The summed E-state index contributed by atoms with van der Waals surface area (Å²) >= 11 is 0. The summed E-state index contributed by atoms with van der Waals surface area (Å²) in [6.45, 7) is 3.56. The second kappa shape index (κ2) is 6.38. The SMILES string of the molecule is CCCC(CCO)CNC1CC(N)C1. The van der Waals surface area contributed by atoms with Crippen LogP contribution in [0.15, 0.2) is 0 Å². The highest BCUT2D eigenvalue weighted by atomic mass is 16.3. The Hall–Kier alpha value is -0.120. The molecule has 0 amide bonds. The summed E-state index contributed by atoms with van der Waals surface area (Å²) in [6, 6.07) is 1.07. The summed E-state index contributed by atoms with van der Waals surface area (Å²) in [4.78, 5) is 0. The number of nitrogens with one attached hydrogen (secondary N) is 1. The van der Waals surface area contributed by atoms with E-state index in [-0.39, 0.29) is 0 Å². The van der Waals surface area contributed by atoms with Crippen molar-refractivity contribution in [1.29, 1.82) is 0 Å². The number of aliphatic hydroxyl groups excluding tert-OH is 1. The third-order valence-electron chi connectivity index (χ3n) is 3.10. The molecule has 0 saturated heterocycles. The van der Waals surface area contributed by atoms with Crippen LogP contribution in [0.1, 0.15) is 39.0 Å². The van der Waals surface area contributed by atoms with Crippen molar-refractivity contribution in [3.63, 3.8) is 0 Å². The van der Waals surface area contributed by atoms with Crippen LogP contribution < -0.4 is 11.1 Å². The predicted molar refractivity (Wildman–Crippen MR) is 59.1 cm³/mol. The van der Waals surface area contributed by atoms with Crippen molar-refractivity contribution in [2.24, 2.45) is 11.7 Å². The minimum atomic E-state index is 0.316. The maximum absolute atomic E-state index is 8.89. The maximum Gasteiger partial charge on any atom is 0.0434 e. The molecule has 0 aromatic carbocycles. The number of nitrogens with two attached hydrogens (primary N) is 1. The van der Waals surface area contributed by atoms with E-state index >= 15 is 0 Å². The topological polar surface area (TPSA) is 58.3 Å². The Bertz CT molecular complexity index is 140. The second-order valence-corrected chi connectivity index (χ2v) is 4.50. The first-order valence-corrected chi connectivity index (χ1v) is 5.86. The molecule has 1 aliphatic rings. The van der Waals surface area contributed by atoms with Gasteiger partial charge in [-0.25, -0.2) is 0 Å². The quantitative estimate of drug-likeness (QED) is 0.571. The lowest BCUT2D eigenvalue weighted by atomic mass is 9.87. The van der Waals surface area contributed by atoms with Gasteiger partial charge in [0.25, 0.3) is 0 Å². The minimum Gasteiger partial charge on any atom is -0.396 e. The van der Waals surface area contributed by atoms with Crippen molar-refractivity contribution < 1.29 is 5.11 Å². The molecular formula is C11H24N2O. The smallest absolute Gasteiger partial charge is 0.0434 e. The molecule has 1 unspecified atom stereocenters. The van der Waals surface area contributed by atoms with E-state index in [1.54, 1.807) is 0 Å². The third kappa shape index (κ3) is 3.95. The van der Waals surface area contributed by atoms with E-state index in [9.17, 15) is 0 Å². The lowest BCUT2D eigenvalue weighted by molar-refractivity contribution is 0.228. The zero-order valence-electron chi connectivity index (χ0n) is 9.21. The first-order valence-electron chi connectivity index (χ1n) is 5.86. The van der Waals surface area contributed by atoms with Crippen LogP contribution in [-0.4, -0.2) is 30.3 Å². The van der Waals surface area contributed by atoms with Crippen LogP contribution in [-0.2, 0) is 0 Å². The molecule has 1 fully saturated rings. The van der Waals surface area contributed by atoms with E-state index in [2.05, 4.69) is 12.2 Å². The van der Waals surface area contributed by atoms with Gasteiger partial charge < -0.3 is 16.2 Å². The van der Waals surface area contributed by atoms with Crippen LogP contribution in [0.5, 0.6) is 0 Å². The summed E-state index contributed by atoms with van der Waals surface area (Å²) in [6.07, 6.45) is 5.60. The van der Waals surface area contributed by atoms with Crippen molar-refractivity contribution in [1.82, 2.24) is 5.32 Å². The Morgan fingerprint density at radius 1 is 1.43 bits per heavy atom. The Balaban J connectivity index is 2.06. The summed E-state index contributed by atoms with van der Waals surface area (Å²) < 4.78 is 0. The predicted octanol–water partition coefficient (Wildman–Crippen LogP) is 0.864. The standard InChI is InChI=1S/C11H24N2O/c1-2-3-9(4-5-14)8-13-11-6-10(12)7-11/h9-11,13-14H,2-8,12H2,1H3. The zero-order valence-corrected chi connectivity index (χ0v) is 9.21. The largest absolute Gasteiger partial charge is 0.396 e.